The molecule has 16 heavy (non-hydrogen) atoms. The van der Waals surface area contributed by atoms with Crippen LogP contribution in [0.5, 0.6) is 0 Å². The van der Waals surface area contributed by atoms with Crippen LogP contribution >= 0.6 is 23.4 Å². The Bertz CT molecular complexity index is 366. The summed E-state index contributed by atoms with van der Waals surface area (Å²) in [6, 6.07) is 4.70. The maximum absolute atomic E-state index is 13.5. The van der Waals surface area contributed by atoms with E-state index in [9.17, 15) is 4.39 Å². The topological polar surface area (TPSA) is 26.0 Å². The highest BCUT2D eigenvalue weighted by Gasteiger charge is 2.23. The number of benzene rings is 1. The Balaban J connectivity index is 2.04. The first-order chi connectivity index (χ1) is 7.66. The molecule has 1 aromatic rings. The second-order valence-electron chi connectivity index (χ2n) is 4.23. The zero-order chi connectivity index (χ0) is 11.5. The van der Waals surface area contributed by atoms with Crippen molar-refractivity contribution in [3.05, 3.63) is 34.6 Å². The average Bonchev–Trinajstić information content (AvgIpc) is 2.76. The molecule has 0 spiro atoms. The molecule has 0 aliphatic carbocycles. The number of thioether (sulfide) groups is 1. The standard InChI is InChI=1S/C12H15ClFNS/c13-10-1-2-11(14)9(5-10)6-12(15)8-3-4-16-7-8/h1-2,5,8,12H,3-4,6-7,15H2. The lowest BCUT2D eigenvalue weighted by molar-refractivity contribution is 0.455. The second-order valence-corrected chi connectivity index (χ2v) is 5.81. The van der Waals surface area contributed by atoms with Gasteiger partial charge in [-0.1, -0.05) is 11.6 Å². The van der Waals surface area contributed by atoms with E-state index in [1.54, 1.807) is 12.1 Å². The molecule has 2 unspecified atom stereocenters. The molecule has 4 heteroatoms. The van der Waals surface area contributed by atoms with Gasteiger partial charge in [-0.2, -0.15) is 11.8 Å². The molecule has 2 atom stereocenters. The van der Waals surface area contributed by atoms with Gasteiger partial charge in [-0.3, -0.25) is 0 Å². The van der Waals surface area contributed by atoms with E-state index in [-0.39, 0.29) is 11.9 Å². The first kappa shape index (κ1) is 12.2. The Kier molecular flexibility index (Phi) is 4.11. The third-order valence-electron chi connectivity index (χ3n) is 3.03. The van der Waals surface area contributed by atoms with Gasteiger partial charge in [0.1, 0.15) is 5.82 Å². The fraction of sp³-hybridized carbons (Fsp3) is 0.500. The van der Waals surface area contributed by atoms with Gasteiger partial charge in [-0.15, -0.1) is 0 Å². The Labute approximate surface area is 105 Å². The van der Waals surface area contributed by atoms with Crippen LogP contribution in [0.25, 0.3) is 0 Å². The summed E-state index contributed by atoms with van der Waals surface area (Å²) < 4.78 is 13.5. The molecule has 1 aromatic carbocycles. The molecular formula is C12H15ClFNS. The molecule has 1 heterocycles. The van der Waals surface area contributed by atoms with Gasteiger partial charge < -0.3 is 5.73 Å². The summed E-state index contributed by atoms with van der Waals surface area (Å²) >= 11 is 7.78. The van der Waals surface area contributed by atoms with Crippen LogP contribution in [-0.4, -0.2) is 17.5 Å². The van der Waals surface area contributed by atoms with Crippen molar-refractivity contribution in [2.45, 2.75) is 18.9 Å². The SMILES string of the molecule is NC(Cc1cc(Cl)ccc1F)C1CCSC1. The Morgan fingerprint density at radius 2 is 2.38 bits per heavy atom. The molecule has 0 aromatic heterocycles. The molecule has 1 nitrogen and oxygen atoms in total. The number of halogens is 2. The van der Waals surface area contributed by atoms with Crippen LogP contribution in [0.1, 0.15) is 12.0 Å². The molecule has 0 amide bonds. The molecule has 0 bridgehead atoms. The van der Waals surface area contributed by atoms with Crippen molar-refractivity contribution < 1.29 is 4.39 Å². The van der Waals surface area contributed by atoms with Gasteiger partial charge >= 0.3 is 0 Å². The van der Waals surface area contributed by atoms with E-state index in [1.807, 2.05) is 11.8 Å². The number of hydrogen-bond donors (Lipinski definition) is 1. The Morgan fingerprint density at radius 3 is 3.06 bits per heavy atom. The summed E-state index contributed by atoms with van der Waals surface area (Å²) in [6.07, 6.45) is 1.73. The molecule has 2 N–H and O–H groups in total. The molecule has 1 aliphatic rings. The quantitative estimate of drug-likeness (QED) is 0.903. The minimum absolute atomic E-state index is 0.0444. The largest absolute Gasteiger partial charge is 0.327 e. The van der Waals surface area contributed by atoms with Gasteiger partial charge in [0.2, 0.25) is 0 Å². The molecule has 0 saturated carbocycles. The molecule has 88 valence electrons. The van der Waals surface area contributed by atoms with Gasteiger partial charge in [0.25, 0.3) is 0 Å². The van der Waals surface area contributed by atoms with E-state index in [1.165, 1.54) is 11.8 Å². The zero-order valence-electron chi connectivity index (χ0n) is 8.96. The molecular weight excluding hydrogens is 245 g/mol. The lowest BCUT2D eigenvalue weighted by Crippen LogP contribution is -2.32. The van der Waals surface area contributed by atoms with Gasteiger partial charge in [0.15, 0.2) is 0 Å². The lowest BCUT2D eigenvalue weighted by atomic mass is 9.94. The van der Waals surface area contributed by atoms with E-state index < -0.39 is 0 Å². The summed E-state index contributed by atoms with van der Waals surface area (Å²) in [5.41, 5.74) is 6.74. The minimum atomic E-state index is -0.203. The van der Waals surface area contributed by atoms with Crippen molar-refractivity contribution in [2.24, 2.45) is 11.7 Å². The van der Waals surface area contributed by atoms with E-state index in [0.29, 0.717) is 22.9 Å². The van der Waals surface area contributed by atoms with Crippen LogP contribution in [0.2, 0.25) is 5.02 Å². The molecule has 1 saturated heterocycles. The molecule has 1 aliphatic heterocycles. The smallest absolute Gasteiger partial charge is 0.126 e. The van der Waals surface area contributed by atoms with Gasteiger partial charge in [0, 0.05) is 11.1 Å². The lowest BCUT2D eigenvalue weighted by Gasteiger charge is -2.18. The van der Waals surface area contributed by atoms with E-state index >= 15 is 0 Å². The van der Waals surface area contributed by atoms with Crippen LogP contribution in [0.4, 0.5) is 4.39 Å². The summed E-state index contributed by atoms with van der Waals surface area (Å²) in [7, 11) is 0. The predicted octanol–water partition coefficient (Wildman–Crippen LogP) is 3.10. The van der Waals surface area contributed by atoms with Crippen LogP contribution in [0, 0.1) is 11.7 Å². The van der Waals surface area contributed by atoms with Crippen LogP contribution in [0.3, 0.4) is 0 Å². The molecule has 1 fully saturated rings. The van der Waals surface area contributed by atoms with E-state index in [0.717, 1.165) is 12.2 Å². The monoisotopic (exact) mass is 259 g/mol. The maximum atomic E-state index is 13.5. The van der Waals surface area contributed by atoms with Crippen molar-refractivity contribution >= 4 is 23.4 Å². The zero-order valence-corrected chi connectivity index (χ0v) is 10.5. The number of nitrogens with two attached hydrogens (primary N) is 1. The average molecular weight is 260 g/mol. The van der Waals surface area contributed by atoms with E-state index in [4.69, 9.17) is 17.3 Å². The predicted molar refractivity (Wildman–Crippen MR) is 68.5 cm³/mol. The molecule has 0 radical (unpaired) electrons. The normalized spacial score (nSPS) is 22.3. The summed E-state index contributed by atoms with van der Waals surface area (Å²) in [5, 5.41) is 0.574. The highest BCUT2D eigenvalue weighted by atomic mass is 35.5. The van der Waals surface area contributed by atoms with Crippen molar-refractivity contribution in [1.82, 2.24) is 0 Å². The highest BCUT2D eigenvalue weighted by Crippen LogP contribution is 2.27. The van der Waals surface area contributed by atoms with Crippen LogP contribution < -0.4 is 5.73 Å². The minimum Gasteiger partial charge on any atom is -0.327 e. The van der Waals surface area contributed by atoms with Crippen LogP contribution in [0.15, 0.2) is 18.2 Å². The number of hydrogen-bond acceptors (Lipinski definition) is 2. The van der Waals surface area contributed by atoms with Crippen molar-refractivity contribution in [3.63, 3.8) is 0 Å². The van der Waals surface area contributed by atoms with Crippen molar-refractivity contribution in [1.29, 1.82) is 0 Å². The first-order valence-electron chi connectivity index (χ1n) is 5.44. The van der Waals surface area contributed by atoms with E-state index in [2.05, 4.69) is 0 Å². The second kappa shape index (κ2) is 5.39. The van der Waals surface area contributed by atoms with Gasteiger partial charge in [0.05, 0.1) is 0 Å². The third kappa shape index (κ3) is 2.90. The Morgan fingerprint density at radius 1 is 1.56 bits per heavy atom. The summed E-state index contributed by atoms with van der Waals surface area (Å²) in [6.45, 7) is 0. The van der Waals surface area contributed by atoms with Crippen LogP contribution in [-0.2, 0) is 6.42 Å². The third-order valence-corrected chi connectivity index (χ3v) is 4.46. The first-order valence-corrected chi connectivity index (χ1v) is 6.97. The van der Waals surface area contributed by atoms with Crippen molar-refractivity contribution in [2.75, 3.05) is 11.5 Å². The fourth-order valence-electron chi connectivity index (χ4n) is 2.01. The van der Waals surface area contributed by atoms with Gasteiger partial charge in [-0.25, -0.2) is 4.39 Å². The van der Waals surface area contributed by atoms with Crippen molar-refractivity contribution in [3.8, 4) is 0 Å². The highest BCUT2D eigenvalue weighted by molar-refractivity contribution is 7.99. The maximum Gasteiger partial charge on any atom is 0.126 e. The summed E-state index contributed by atoms with van der Waals surface area (Å²) in [5.74, 6) is 2.59. The number of rotatable bonds is 3. The Hall–Kier alpha value is -0.250. The molecule has 2 rings (SSSR count). The summed E-state index contributed by atoms with van der Waals surface area (Å²) in [4.78, 5) is 0. The van der Waals surface area contributed by atoms with Gasteiger partial charge in [-0.05, 0) is 54.0 Å². The fourth-order valence-corrected chi connectivity index (χ4v) is 3.56.